The quantitative estimate of drug-likeness (QED) is 0.173. The van der Waals surface area contributed by atoms with Crippen molar-refractivity contribution in [1.82, 2.24) is 30.0 Å². The zero-order valence-electron chi connectivity index (χ0n) is 28.9. The maximum Gasteiger partial charge on any atom is 0.253 e. The SMILES string of the molecule is C[C@H](NC(=O)[C@@H](N)CCN(C(=O)CO)[C@@H](c1nc(-c2cc(F)ccc2F)cn1Cc1ccccc1)C(C)(C)C)C(=O)NCCN1C(=O)C=CC1=O. The van der Waals surface area contributed by atoms with E-state index in [0.717, 1.165) is 40.8 Å². The van der Waals surface area contributed by atoms with Gasteiger partial charge >= 0.3 is 0 Å². The van der Waals surface area contributed by atoms with Gasteiger partial charge in [0.05, 0.1) is 17.8 Å². The number of carbonyl (C=O) groups is 5. The summed E-state index contributed by atoms with van der Waals surface area (Å²) in [6.45, 7) is 6.26. The van der Waals surface area contributed by atoms with E-state index in [1.165, 1.54) is 11.8 Å². The molecule has 1 aromatic heterocycles. The molecule has 272 valence electrons. The van der Waals surface area contributed by atoms with Gasteiger partial charge in [0.25, 0.3) is 11.8 Å². The molecule has 0 fully saturated rings. The van der Waals surface area contributed by atoms with E-state index in [1.54, 1.807) is 10.8 Å². The van der Waals surface area contributed by atoms with E-state index in [9.17, 15) is 37.9 Å². The molecule has 3 aromatic rings. The Hall–Kier alpha value is -5.28. The van der Waals surface area contributed by atoms with Gasteiger partial charge in [0.2, 0.25) is 17.7 Å². The molecule has 0 spiro atoms. The molecule has 0 radical (unpaired) electrons. The van der Waals surface area contributed by atoms with Gasteiger partial charge in [0, 0.05) is 50.1 Å². The second kappa shape index (κ2) is 16.6. The van der Waals surface area contributed by atoms with E-state index in [1.807, 2.05) is 51.1 Å². The van der Waals surface area contributed by atoms with Crippen LogP contribution in [0.15, 0.2) is 66.9 Å². The molecule has 15 heteroatoms. The first-order valence-corrected chi connectivity index (χ1v) is 16.4. The molecule has 3 atom stereocenters. The average Bonchev–Trinajstić information content (AvgIpc) is 3.64. The van der Waals surface area contributed by atoms with Gasteiger partial charge in [-0.1, -0.05) is 51.1 Å². The molecule has 2 aromatic carbocycles. The van der Waals surface area contributed by atoms with Crippen LogP contribution in [0.2, 0.25) is 0 Å². The third-order valence-corrected chi connectivity index (χ3v) is 8.34. The predicted octanol–water partition coefficient (Wildman–Crippen LogP) is 2.05. The number of rotatable bonds is 15. The van der Waals surface area contributed by atoms with Crippen LogP contribution in [-0.4, -0.2) is 92.3 Å². The maximum absolute atomic E-state index is 15.0. The predicted molar refractivity (Wildman–Crippen MR) is 183 cm³/mol. The molecular formula is C36H43F2N7O6. The van der Waals surface area contributed by atoms with Crippen molar-refractivity contribution in [3.8, 4) is 11.3 Å². The van der Waals surface area contributed by atoms with Crippen molar-refractivity contribution in [2.24, 2.45) is 11.1 Å². The number of nitrogens with two attached hydrogens (primary N) is 1. The molecule has 2 heterocycles. The van der Waals surface area contributed by atoms with Gasteiger partial charge in [-0.15, -0.1) is 0 Å². The van der Waals surface area contributed by atoms with E-state index < -0.39 is 71.3 Å². The van der Waals surface area contributed by atoms with Gasteiger partial charge in [-0.25, -0.2) is 13.8 Å². The van der Waals surface area contributed by atoms with Gasteiger partial charge < -0.3 is 30.9 Å². The Morgan fingerprint density at radius 2 is 1.69 bits per heavy atom. The molecule has 5 N–H and O–H groups in total. The van der Waals surface area contributed by atoms with E-state index >= 15 is 0 Å². The number of aliphatic hydroxyl groups excluding tert-OH is 1. The Bertz CT molecular complexity index is 1770. The van der Waals surface area contributed by atoms with Gasteiger partial charge in [-0.3, -0.25) is 28.9 Å². The highest BCUT2D eigenvalue weighted by Crippen LogP contribution is 2.39. The van der Waals surface area contributed by atoms with Crippen LogP contribution in [0, 0.1) is 17.0 Å². The van der Waals surface area contributed by atoms with E-state index in [2.05, 4.69) is 10.6 Å². The van der Waals surface area contributed by atoms with Crippen molar-refractivity contribution >= 4 is 29.5 Å². The lowest BCUT2D eigenvalue weighted by molar-refractivity contribution is -0.140. The second-order valence-electron chi connectivity index (χ2n) is 13.3. The maximum atomic E-state index is 15.0. The Labute approximate surface area is 294 Å². The first-order valence-electron chi connectivity index (χ1n) is 16.4. The van der Waals surface area contributed by atoms with Gasteiger partial charge in [0.1, 0.15) is 30.1 Å². The third kappa shape index (κ3) is 9.70. The fraction of sp³-hybridized carbons (Fsp3) is 0.389. The summed E-state index contributed by atoms with van der Waals surface area (Å²) in [6.07, 6.45) is 3.79. The zero-order chi connectivity index (χ0) is 37.5. The van der Waals surface area contributed by atoms with Crippen molar-refractivity contribution in [2.75, 3.05) is 26.2 Å². The summed E-state index contributed by atoms with van der Waals surface area (Å²) < 4.78 is 31.0. The van der Waals surface area contributed by atoms with E-state index in [4.69, 9.17) is 10.7 Å². The lowest BCUT2D eigenvalue weighted by atomic mass is 9.84. The molecule has 0 aliphatic carbocycles. The number of imidazole rings is 1. The van der Waals surface area contributed by atoms with E-state index in [-0.39, 0.29) is 43.9 Å². The van der Waals surface area contributed by atoms with Gasteiger partial charge in [-0.05, 0) is 42.5 Å². The zero-order valence-corrected chi connectivity index (χ0v) is 28.9. The molecule has 51 heavy (non-hydrogen) atoms. The number of carbonyl (C=O) groups excluding carboxylic acids is 5. The Morgan fingerprint density at radius 3 is 2.31 bits per heavy atom. The van der Waals surface area contributed by atoms with Gasteiger partial charge in [-0.2, -0.15) is 0 Å². The number of hydrogen-bond donors (Lipinski definition) is 4. The molecular weight excluding hydrogens is 664 g/mol. The molecule has 1 aliphatic heterocycles. The molecule has 13 nitrogen and oxygen atoms in total. The highest BCUT2D eigenvalue weighted by atomic mass is 19.1. The number of halogens is 2. The molecule has 0 bridgehead atoms. The van der Waals surface area contributed by atoms with Crippen molar-refractivity contribution < 1.29 is 37.9 Å². The van der Waals surface area contributed by atoms with Crippen LogP contribution in [0.4, 0.5) is 8.78 Å². The van der Waals surface area contributed by atoms with E-state index in [0.29, 0.717) is 5.82 Å². The molecule has 1 aliphatic rings. The van der Waals surface area contributed by atoms with Crippen LogP contribution in [0.25, 0.3) is 11.3 Å². The minimum absolute atomic E-state index is 0.0235. The van der Waals surface area contributed by atoms with Crippen molar-refractivity contribution in [3.63, 3.8) is 0 Å². The summed E-state index contributed by atoms with van der Waals surface area (Å²) in [5, 5.41) is 15.1. The standard InChI is InChI=1S/C36H43F2N7O6/c1-22(34(50)40-15-17-44-29(47)12-13-30(44)48)41-35(51)27(39)14-16-45(31(49)21-46)32(36(2,3)4)33-42-28(25-18-24(37)10-11-26(25)38)20-43(33)19-23-8-6-5-7-9-23/h5-13,18,20,22,27,32,46H,14-17,19,21,39H2,1-4H3,(H,40,50)(H,41,51)/t22-,27-,32-/m0/s1. The first kappa shape index (κ1) is 38.5. The fourth-order valence-electron chi connectivity index (χ4n) is 5.75. The van der Waals surface area contributed by atoms with Crippen LogP contribution < -0.4 is 16.4 Å². The number of amides is 5. The molecule has 0 saturated carbocycles. The Balaban J connectivity index is 1.53. The monoisotopic (exact) mass is 707 g/mol. The van der Waals surface area contributed by atoms with Crippen LogP contribution in [-0.2, 0) is 30.5 Å². The normalized spacial score (nSPS) is 14.7. The number of imide groups is 1. The number of nitrogens with zero attached hydrogens (tertiary/aromatic N) is 4. The summed E-state index contributed by atoms with van der Waals surface area (Å²) in [7, 11) is 0. The molecule has 5 amide bonds. The highest BCUT2D eigenvalue weighted by molar-refractivity contribution is 6.12. The summed E-state index contributed by atoms with van der Waals surface area (Å²) in [4.78, 5) is 69.5. The number of aliphatic hydroxyl groups is 1. The summed E-state index contributed by atoms with van der Waals surface area (Å²) >= 11 is 0. The second-order valence-corrected chi connectivity index (χ2v) is 13.3. The fourth-order valence-corrected chi connectivity index (χ4v) is 5.75. The van der Waals surface area contributed by atoms with Crippen LogP contribution >= 0.6 is 0 Å². The van der Waals surface area contributed by atoms with Crippen LogP contribution in [0.5, 0.6) is 0 Å². The van der Waals surface area contributed by atoms with Crippen molar-refractivity contribution in [2.45, 2.75) is 58.8 Å². The number of benzene rings is 2. The summed E-state index contributed by atoms with van der Waals surface area (Å²) in [5.41, 5.74) is 6.45. The largest absolute Gasteiger partial charge is 0.387 e. The van der Waals surface area contributed by atoms with Crippen molar-refractivity contribution in [1.29, 1.82) is 0 Å². The third-order valence-electron chi connectivity index (χ3n) is 8.34. The molecule has 0 unspecified atom stereocenters. The average molecular weight is 708 g/mol. The number of nitrogens with one attached hydrogen (secondary N) is 2. The summed E-state index contributed by atoms with van der Waals surface area (Å²) in [6, 6.07) is 9.38. The molecule has 0 saturated heterocycles. The van der Waals surface area contributed by atoms with Crippen molar-refractivity contribution in [3.05, 3.63) is 89.9 Å². The molecule has 4 rings (SSSR count). The smallest absolute Gasteiger partial charge is 0.253 e. The van der Waals surface area contributed by atoms with Crippen LogP contribution in [0.1, 0.15) is 51.5 Å². The topological polar surface area (TPSA) is 180 Å². The lowest BCUT2D eigenvalue weighted by Gasteiger charge is -2.40. The van der Waals surface area contributed by atoms with Gasteiger partial charge in [0.15, 0.2) is 0 Å². The Kier molecular flexibility index (Phi) is 12.6. The lowest BCUT2D eigenvalue weighted by Crippen LogP contribution is -2.52. The minimum atomic E-state index is -1.18. The number of hydrogen-bond acceptors (Lipinski definition) is 8. The number of aromatic nitrogens is 2. The van der Waals surface area contributed by atoms with Crippen LogP contribution in [0.3, 0.4) is 0 Å². The first-order chi connectivity index (χ1) is 24.1. The highest BCUT2D eigenvalue weighted by Gasteiger charge is 2.39. The summed E-state index contributed by atoms with van der Waals surface area (Å²) in [5.74, 6) is -3.88. The Morgan fingerprint density at radius 1 is 1.02 bits per heavy atom. The minimum Gasteiger partial charge on any atom is -0.387 e.